The van der Waals surface area contributed by atoms with Gasteiger partial charge in [-0.2, -0.15) is 20.1 Å². The molecule has 2 heterocycles. The van der Waals surface area contributed by atoms with Crippen LogP contribution < -0.4 is 20.1 Å². The number of esters is 1. The Labute approximate surface area is 226 Å². The van der Waals surface area contributed by atoms with E-state index in [9.17, 15) is 4.79 Å². The summed E-state index contributed by atoms with van der Waals surface area (Å²) in [5.74, 6) is 2.24. The average Bonchev–Trinajstić information content (AvgIpc) is 3.34. The van der Waals surface area contributed by atoms with Crippen molar-refractivity contribution in [3.63, 3.8) is 0 Å². The van der Waals surface area contributed by atoms with Gasteiger partial charge in [0.05, 0.1) is 32.7 Å². The molecule has 0 fully saturated rings. The van der Waals surface area contributed by atoms with Crippen molar-refractivity contribution in [1.82, 2.24) is 24.7 Å². The summed E-state index contributed by atoms with van der Waals surface area (Å²) in [6, 6.07) is 15.5. The summed E-state index contributed by atoms with van der Waals surface area (Å²) in [4.78, 5) is 25.5. The van der Waals surface area contributed by atoms with Gasteiger partial charge in [-0.15, -0.1) is 0 Å². The number of benzene rings is 2. The van der Waals surface area contributed by atoms with Crippen molar-refractivity contribution >= 4 is 23.9 Å². The van der Waals surface area contributed by atoms with Gasteiger partial charge in [-0.05, 0) is 55.3 Å². The fraction of sp³-hybridized carbons (Fsp3) is 0.250. The number of hydrogen-bond acceptors (Lipinski definition) is 10. The first-order valence-electron chi connectivity index (χ1n) is 12.4. The number of rotatable bonds is 12. The number of nitrogens with one attached hydrogen (secondary N) is 2. The van der Waals surface area contributed by atoms with Crippen LogP contribution in [0, 0.1) is 6.92 Å². The van der Waals surface area contributed by atoms with Gasteiger partial charge in [-0.3, -0.25) is 0 Å². The molecule has 4 aromatic rings. The quantitative estimate of drug-likeness (QED) is 0.204. The Morgan fingerprint density at radius 3 is 1.90 bits per heavy atom. The molecule has 11 nitrogen and oxygen atoms in total. The lowest BCUT2D eigenvalue weighted by Crippen LogP contribution is -2.14. The van der Waals surface area contributed by atoms with Crippen LogP contribution in [0.4, 0.5) is 11.9 Å². The van der Waals surface area contributed by atoms with Crippen LogP contribution in [-0.4, -0.2) is 51.5 Å². The Hall–Kier alpha value is -4.93. The zero-order chi connectivity index (χ0) is 27.6. The number of ether oxygens (including phenoxy) is 3. The van der Waals surface area contributed by atoms with E-state index in [1.165, 1.54) is 6.08 Å². The highest BCUT2D eigenvalue weighted by Gasteiger charge is 2.13. The second-order valence-electron chi connectivity index (χ2n) is 8.37. The molecular weight excluding hydrogens is 498 g/mol. The van der Waals surface area contributed by atoms with Crippen molar-refractivity contribution in [2.45, 2.75) is 26.9 Å². The molecule has 11 heteroatoms. The molecule has 0 radical (unpaired) electrons. The van der Waals surface area contributed by atoms with E-state index < -0.39 is 5.97 Å². The van der Waals surface area contributed by atoms with E-state index in [0.717, 1.165) is 33.9 Å². The molecule has 0 bridgehead atoms. The summed E-state index contributed by atoms with van der Waals surface area (Å²) in [6.07, 6.45) is 4.67. The van der Waals surface area contributed by atoms with Gasteiger partial charge in [-0.1, -0.05) is 24.3 Å². The predicted octanol–water partition coefficient (Wildman–Crippen LogP) is 4.18. The third-order valence-corrected chi connectivity index (χ3v) is 5.77. The SMILES string of the molecule is CCOC(=O)/C=C/c1cnn(-c2nc(NCc3ccc(OC)cc3)nc(NCc3ccc(OC)cc3)n2)c1C. The maximum Gasteiger partial charge on any atom is 0.330 e. The van der Waals surface area contributed by atoms with E-state index >= 15 is 0 Å². The van der Waals surface area contributed by atoms with E-state index in [2.05, 4.69) is 30.7 Å². The standard InChI is InChI=1S/C28H31N7O4/c1-5-39-25(36)15-10-22-18-31-35(19(22)2)28-33-26(29-16-20-6-11-23(37-3)12-7-20)32-27(34-28)30-17-21-8-13-24(38-4)14-9-21/h6-15,18H,5,16-17H2,1-4H3,(H2,29,30,32,33,34)/b15-10+. The minimum atomic E-state index is -0.417. The largest absolute Gasteiger partial charge is 0.497 e. The molecule has 2 N–H and O–H groups in total. The van der Waals surface area contributed by atoms with E-state index in [1.54, 1.807) is 38.1 Å². The highest BCUT2D eigenvalue weighted by Crippen LogP contribution is 2.18. The van der Waals surface area contributed by atoms with Crippen molar-refractivity contribution in [2.75, 3.05) is 31.5 Å². The Kier molecular flexibility index (Phi) is 9.07. The summed E-state index contributed by atoms with van der Waals surface area (Å²) in [6.45, 7) is 4.94. The zero-order valence-electron chi connectivity index (χ0n) is 22.3. The smallest absolute Gasteiger partial charge is 0.330 e. The minimum Gasteiger partial charge on any atom is -0.497 e. The van der Waals surface area contributed by atoms with Crippen molar-refractivity contribution in [3.8, 4) is 17.4 Å². The van der Waals surface area contributed by atoms with Crippen LogP contribution in [0.2, 0.25) is 0 Å². The molecule has 0 aliphatic heterocycles. The monoisotopic (exact) mass is 529 g/mol. The zero-order valence-corrected chi connectivity index (χ0v) is 22.3. The molecule has 2 aromatic heterocycles. The van der Waals surface area contributed by atoms with Crippen LogP contribution in [0.15, 0.2) is 60.8 Å². The second kappa shape index (κ2) is 13.0. The molecule has 0 aliphatic rings. The molecular formula is C28H31N7O4. The first kappa shape index (κ1) is 27.1. The number of methoxy groups -OCH3 is 2. The molecule has 202 valence electrons. The summed E-state index contributed by atoms with van der Waals surface area (Å²) < 4.78 is 17.0. The summed E-state index contributed by atoms with van der Waals surface area (Å²) in [7, 11) is 3.27. The summed E-state index contributed by atoms with van der Waals surface area (Å²) >= 11 is 0. The lowest BCUT2D eigenvalue weighted by Gasteiger charge is -2.12. The number of carbonyl (C=O) groups excluding carboxylic acids is 1. The molecule has 0 saturated heterocycles. The Bertz CT molecular complexity index is 1350. The van der Waals surface area contributed by atoms with E-state index in [4.69, 9.17) is 14.2 Å². The van der Waals surface area contributed by atoms with E-state index in [1.807, 2.05) is 55.5 Å². The van der Waals surface area contributed by atoms with E-state index in [0.29, 0.717) is 37.5 Å². The topological polar surface area (TPSA) is 125 Å². The van der Waals surface area contributed by atoms with Crippen LogP contribution in [0.5, 0.6) is 11.5 Å². The molecule has 4 rings (SSSR count). The molecule has 0 aliphatic carbocycles. The highest BCUT2D eigenvalue weighted by atomic mass is 16.5. The third-order valence-electron chi connectivity index (χ3n) is 5.77. The molecule has 0 atom stereocenters. The van der Waals surface area contributed by atoms with Crippen LogP contribution in [0.25, 0.3) is 12.0 Å². The van der Waals surface area contributed by atoms with Crippen molar-refractivity contribution < 1.29 is 19.0 Å². The van der Waals surface area contributed by atoms with Gasteiger partial charge in [0.15, 0.2) is 0 Å². The lowest BCUT2D eigenvalue weighted by molar-refractivity contribution is -0.137. The molecule has 0 spiro atoms. The fourth-order valence-electron chi connectivity index (χ4n) is 3.60. The van der Waals surface area contributed by atoms with Gasteiger partial charge in [0.2, 0.25) is 11.9 Å². The van der Waals surface area contributed by atoms with Crippen LogP contribution in [0.3, 0.4) is 0 Å². The van der Waals surface area contributed by atoms with Gasteiger partial charge >= 0.3 is 5.97 Å². The summed E-state index contributed by atoms with van der Waals surface area (Å²) in [5, 5.41) is 11.0. The number of hydrogen-bond donors (Lipinski definition) is 2. The van der Waals surface area contributed by atoms with Gasteiger partial charge in [0.1, 0.15) is 11.5 Å². The number of carbonyl (C=O) groups is 1. The van der Waals surface area contributed by atoms with Crippen molar-refractivity contribution in [2.24, 2.45) is 0 Å². The lowest BCUT2D eigenvalue weighted by atomic mass is 10.2. The summed E-state index contributed by atoms with van der Waals surface area (Å²) in [5.41, 5.74) is 3.56. The Morgan fingerprint density at radius 2 is 1.41 bits per heavy atom. The van der Waals surface area contributed by atoms with Gasteiger partial charge in [0.25, 0.3) is 5.95 Å². The molecule has 0 amide bonds. The van der Waals surface area contributed by atoms with Crippen LogP contribution >= 0.6 is 0 Å². The molecule has 0 unspecified atom stereocenters. The predicted molar refractivity (Wildman–Crippen MR) is 148 cm³/mol. The first-order chi connectivity index (χ1) is 19.0. The number of anilines is 2. The van der Waals surface area contributed by atoms with Crippen molar-refractivity contribution in [1.29, 1.82) is 0 Å². The Morgan fingerprint density at radius 1 is 0.872 bits per heavy atom. The molecule has 39 heavy (non-hydrogen) atoms. The number of nitrogens with zero attached hydrogens (tertiary/aromatic N) is 5. The third kappa shape index (κ3) is 7.31. The fourth-order valence-corrected chi connectivity index (χ4v) is 3.60. The normalized spacial score (nSPS) is 10.9. The van der Waals surface area contributed by atoms with Crippen LogP contribution in [0.1, 0.15) is 29.3 Å². The Balaban J connectivity index is 1.58. The van der Waals surface area contributed by atoms with Gasteiger partial charge in [0, 0.05) is 24.7 Å². The van der Waals surface area contributed by atoms with Gasteiger partial charge < -0.3 is 24.8 Å². The van der Waals surface area contributed by atoms with E-state index in [-0.39, 0.29) is 0 Å². The molecule has 0 saturated carbocycles. The minimum absolute atomic E-state index is 0.310. The maximum atomic E-state index is 11.7. The van der Waals surface area contributed by atoms with Gasteiger partial charge in [-0.25, -0.2) is 9.48 Å². The average molecular weight is 530 g/mol. The second-order valence-corrected chi connectivity index (χ2v) is 8.37. The number of aromatic nitrogens is 5. The van der Waals surface area contributed by atoms with Crippen molar-refractivity contribution in [3.05, 3.63) is 83.2 Å². The molecule has 2 aromatic carbocycles. The first-order valence-corrected chi connectivity index (χ1v) is 12.4. The van der Waals surface area contributed by atoms with Crippen LogP contribution in [-0.2, 0) is 22.6 Å². The highest BCUT2D eigenvalue weighted by molar-refractivity contribution is 5.87. The maximum absolute atomic E-state index is 11.7.